The van der Waals surface area contributed by atoms with Gasteiger partial charge in [0.25, 0.3) is 5.91 Å². The van der Waals surface area contributed by atoms with Crippen LogP contribution in [0.2, 0.25) is 0 Å². The Balaban J connectivity index is 2.76. The SMILES string of the molecule is CC[C@H](C)[C@H](NC(=O)c1cn(CC(N)=O)nn1)C(=O)O. The lowest BCUT2D eigenvalue weighted by atomic mass is 9.99. The predicted molar refractivity (Wildman–Crippen MR) is 67.6 cm³/mol. The first-order chi connectivity index (χ1) is 9.35. The Hall–Kier alpha value is -2.45. The molecule has 2 amide bonds. The molecule has 110 valence electrons. The lowest BCUT2D eigenvalue weighted by Crippen LogP contribution is -2.45. The molecule has 1 rings (SSSR count). The van der Waals surface area contributed by atoms with Crippen LogP contribution in [0.3, 0.4) is 0 Å². The summed E-state index contributed by atoms with van der Waals surface area (Å²) >= 11 is 0. The van der Waals surface area contributed by atoms with Crippen molar-refractivity contribution in [3.63, 3.8) is 0 Å². The molecule has 1 aromatic heterocycles. The second-order valence-corrected chi connectivity index (χ2v) is 4.44. The number of hydrogen-bond donors (Lipinski definition) is 3. The number of carbonyl (C=O) groups excluding carboxylic acids is 2. The van der Waals surface area contributed by atoms with Gasteiger partial charge < -0.3 is 16.2 Å². The maximum atomic E-state index is 11.9. The molecule has 9 heteroatoms. The number of primary amides is 1. The highest BCUT2D eigenvalue weighted by atomic mass is 16.4. The number of carboxylic acids is 1. The minimum atomic E-state index is -1.11. The molecule has 0 aliphatic heterocycles. The first kappa shape index (κ1) is 15.6. The Morgan fingerprint density at radius 3 is 2.65 bits per heavy atom. The molecule has 0 saturated heterocycles. The van der Waals surface area contributed by atoms with Crippen LogP contribution < -0.4 is 11.1 Å². The summed E-state index contributed by atoms with van der Waals surface area (Å²) in [6.45, 7) is 3.35. The van der Waals surface area contributed by atoms with Crippen molar-refractivity contribution in [2.45, 2.75) is 32.9 Å². The Morgan fingerprint density at radius 2 is 2.15 bits per heavy atom. The fourth-order valence-corrected chi connectivity index (χ4v) is 1.54. The number of nitrogens with one attached hydrogen (secondary N) is 1. The number of carboxylic acid groups (broad SMARTS) is 1. The molecule has 1 aromatic rings. The van der Waals surface area contributed by atoms with Crippen molar-refractivity contribution in [1.29, 1.82) is 0 Å². The second kappa shape index (κ2) is 6.64. The van der Waals surface area contributed by atoms with Gasteiger partial charge in [-0.05, 0) is 5.92 Å². The smallest absolute Gasteiger partial charge is 0.326 e. The van der Waals surface area contributed by atoms with E-state index < -0.39 is 23.8 Å². The minimum Gasteiger partial charge on any atom is -0.480 e. The lowest BCUT2D eigenvalue weighted by Gasteiger charge is -2.19. The van der Waals surface area contributed by atoms with Gasteiger partial charge >= 0.3 is 5.97 Å². The van der Waals surface area contributed by atoms with Crippen molar-refractivity contribution in [2.75, 3.05) is 0 Å². The van der Waals surface area contributed by atoms with E-state index in [1.807, 2.05) is 6.92 Å². The van der Waals surface area contributed by atoms with Gasteiger partial charge in [0.2, 0.25) is 5.91 Å². The van der Waals surface area contributed by atoms with E-state index in [1.165, 1.54) is 6.20 Å². The number of nitrogens with two attached hydrogens (primary N) is 1. The summed E-state index contributed by atoms with van der Waals surface area (Å²) in [6.07, 6.45) is 1.83. The summed E-state index contributed by atoms with van der Waals surface area (Å²) in [6, 6.07) is -1.01. The molecule has 4 N–H and O–H groups in total. The van der Waals surface area contributed by atoms with Gasteiger partial charge in [-0.3, -0.25) is 9.59 Å². The van der Waals surface area contributed by atoms with Crippen molar-refractivity contribution in [3.05, 3.63) is 11.9 Å². The van der Waals surface area contributed by atoms with Crippen LogP contribution in [0.15, 0.2) is 6.20 Å². The number of hydrogen-bond acceptors (Lipinski definition) is 5. The van der Waals surface area contributed by atoms with Crippen LogP contribution in [0, 0.1) is 5.92 Å². The van der Waals surface area contributed by atoms with Gasteiger partial charge in [0, 0.05) is 0 Å². The molecule has 0 spiro atoms. The molecule has 0 aliphatic rings. The van der Waals surface area contributed by atoms with E-state index in [1.54, 1.807) is 6.92 Å². The van der Waals surface area contributed by atoms with Crippen LogP contribution in [-0.4, -0.2) is 43.9 Å². The molecule has 0 fully saturated rings. The van der Waals surface area contributed by atoms with Gasteiger partial charge in [-0.25, -0.2) is 9.48 Å². The molecule has 0 unspecified atom stereocenters. The van der Waals surface area contributed by atoms with Gasteiger partial charge in [0.05, 0.1) is 6.20 Å². The highest BCUT2D eigenvalue weighted by Crippen LogP contribution is 2.08. The van der Waals surface area contributed by atoms with Gasteiger partial charge in [-0.2, -0.15) is 0 Å². The molecule has 2 atom stereocenters. The summed E-state index contributed by atoms with van der Waals surface area (Å²) in [5.41, 5.74) is 4.91. The quantitative estimate of drug-likeness (QED) is 0.585. The van der Waals surface area contributed by atoms with E-state index >= 15 is 0 Å². The van der Waals surface area contributed by atoms with Crippen molar-refractivity contribution < 1.29 is 19.5 Å². The van der Waals surface area contributed by atoms with Crippen LogP contribution in [0.1, 0.15) is 30.8 Å². The van der Waals surface area contributed by atoms with Gasteiger partial charge in [0.15, 0.2) is 5.69 Å². The maximum Gasteiger partial charge on any atom is 0.326 e. The highest BCUT2D eigenvalue weighted by molar-refractivity contribution is 5.94. The normalized spacial score (nSPS) is 13.5. The Morgan fingerprint density at radius 1 is 1.50 bits per heavy atom. The molecule has 0 saturated carbocycles. The number of amides is 2. The summed E-state index contributed by atoms with van der Waals surface area (Å²) in [5.74, 6) is -2.62. The molecule has 0 bridgehead atoms. The molecule has 9 nitrogen and oxygen atoms in total. The molecule has 0 aromatic carbocycles. The number of rotatable bonds is 7. The minimum absolute atomic E-state index is 0.0687. The standard InChI is InChI=1S/C11H17N5O4/c1-3-6(2)9(11(19)20)13-10(18)7-4-16(15-14-7)5-8(12)17/h4,6,9H,3,5H2,1-2H3,(H2,12,17)(H,13,18)(H,19,20)/t6-,9-/m0/s1. The van der Waals surface area contributed by atoms with Gasteiger partial charge in [-0.15, -0.1) is 5.10 Å². The Labute approximate surface area is 115 Å². The van der Waals surface area contributed by atoms with Crippen LogP contribution in [0.5, 0.6) is 0 Å². The van der Waals surface area contributed by atoms with Crippen molar-refractivity contribution >= 4 is 17.8 Å². The van der Waals surface area contributed by atoms with E-state index in [0.717, 1.165) is 4.68 Å². The monoisotopic (exact) mass is 283 g/mol. The van der Waals surface area contributed by atoms with Crippen LogP contribution >= 0.6 is 0 Å². The van der Waals surface area contributed by atoms with Crippen LogP contribution in [-0.2, 0) is 16.1 Å². The first-order valence-corrected chi connectivity index (χ1v) is 6.07. The number of nitrogens with zero attached hydrogens (tertiary/aromatic N) is 3. The fraction of sp³-hybridized carbons (Fsp3) is 0.545. The van der Waals surface area contributed by atoms with Crippen molar-refractivity contribution in [1.82, 2.24) is 20.3 Å². The molecule has 1 heterocycles. The summed E-state index contributed by atoms with van der Waals surface area (Å²) in [5, 5.41) is 18.6. The zero-order valence-corrected chi connectivity index (χ0v) is 11.2. The third kappa shape index (κ3) is 4.04. The summed E-state index contributed by atoms with van der Waals surface area (Å²) in [4.78, 5) is 33.7. The second-order valence-electron chi connectivity index (χ2n) is 4.44. The van der Waals surface area contributed by atoms with Gasteiger partial charge in [0.1, 0.15) is 12.6 Å². The topological polar surface area (TPSA) is 140 Å². The largest absolute Gasteiger partial charge is 0.480 e. The fourth-order valence-electron chi connectivity index (χ4n) is 1.54. The average Bonchev–Trinajstić information content (AvgIpc) is 2.82. The molecular formula is C11H17N5O4. The maximum absolute atomic E-state index is 11.9. The summed E-state index contributed by atoms with van der Waals surface area (Å²) in [7, 11) is 0. The van der Waals surface area contributed by atoms with E-state index in [2.05, 4.69) is 15.6 Å². The van der Waals surface area contributed by atoms with E-state index in [-0.39, 0.29) is 18.2 Å². The highest BCUT2D eigenvalue weighted by Gasteiger charge is 2.26. The third-order valence-electron chi connectivity index (χ3n) is 2.85. The van der Waals surface area contributed by atoms with E-state index in [0.29, 0.717) is 6.42 Å². The van der Waals surface area contributed by atoms with E-state index in [9.17, 15) is 14.4 Å². The van der Waals surface area contributed by atoms with Crippen molar-refractivity contribution in [3.8, 4) is 0 Å². The number of aliphatic carboxylic acids is 1. The summed E-state index contributed by atoms with van der Waals surface area (Å²) < 4.78 is 1.11. The predicted octanol–water partition coefficient (Wildman–Crippen LogP) is -1.01. The number of carbonyl (C=O) groups is 3. The van der Waals surface area contributed by atoms with Crippen molar-refractivity contribution in [2.24, 2.45) is 11.7 Å². The lowest BCUT2D eigenvalue weighted by molar-refractivity contribution is -0.140. The third-order valence-corrected chi connectivity index (χ3v) is 2.85. The Bertz CT molecular complexity index is 513. The number of aromatic nitrogens is 3. The zero-order valence-electron chi connectivity index (χ0n) is 11.2. The van der Waals surface area contributed by atoms with Crippen LogP contribution in [0.4, 0.5) is 0 Å². The van der Waals surface area contributed by atoms with E-state index in [4.69, 9.17) is 10.8 Å². The molecule has 0 radical (unpaired) electrons. The first-order valence-electron chi connectivity index (χ1n) is 6.07. The molecule has 0 aliphatic carbocycles. The molecular weight excluding hydrogens is 266 g/mol. The molecule has 20 heavy (non-hydrogen) atoms. The van der Waals surface area contributed by atoms with Gasteiger partial charge in [-0.1, -0.05) is 25.5 Å². The average molecular weight is 283 g/mol. The van der Waals surface area contributed by atoms with Crippen LogP contribution in [0.25, 0.3) is 0 Å². The zero-order chi connectivity index (χ0) is 15.3. The Kier molecular flexibility index (Phi) is 5.18.